The molecule has 0 radical (unpaired) electrons. The molecule has 0 aliphatic carbocycles. The highest BCUT2D eigenvalue weighted by atomic mass is 16.1. The van der Waals surface area contributed by atoms with Gasteiger partial charge in [-0.25, -0.2) is 9.97 Å². The van der Waals surface area contributed by atoms with Crippen LogP contribution in [-0.4, -0.2) is 20.9 Å². The van der Waals surface area contributed by atoms with Gasteiger partial charge in [-0.15, -0.1) is 0 Å². The third-order valence-corrected chi connectivity index (χ3v) is 4.50. The van der Waals surface area contributed by atoms with E-state index in [1.54, 1.807) is 25.4 Å². The highest BCUT2D eigenvalue weighted by Crippen LogP contribution is 2.23. The number of hydrogen-bond donors (Lipinski definition) is 2. The Morgan fingerprint density at radius 2 is 1.79 bits per heavy atom. The summed E-state index contributed by atoms with van der Waals surface area (Å²) >= 11 is 0. The van der Waals surface area contributed by atoms with Gasteiger partial charge < -0.3 is 10.6 Å². The van der Waals surface area contributed by atoms with Crippen molar-refractivity contribution in [1.29, 1.82) is 0 Å². The van der Waals surface area contributed by atoms with Crippen LogP contribution in [0.1, 0.15) is 46.9 Å². The van der Waals surface area contributed by atoms with Crippen molar-refractivity contribution in [2.75, 3.05) is 10.6 Å². The maximum Gasteiger partial charge on any atom is 0.274 e. The van der Waals surface area contributed by atoms with Crippen LogP contribution in [-0.2, 0) is 19.4 Å². The molecule has 0 atom stereocenters. The topological polar surface area (TPSA) is 79.8 Å². The molecule has 2 heterocycles. The summed E-state index contributed by atoms with van der Waals surface area (Å²) in [6, 6.07) is 11.7. The predicted octanol–water partition coefficient (Wildman–Crippen LogP) is 4.17. The number of para-hydroxylation sites is 1. The molecular weight excluding hydrogens is 350 g/mol. The van der Waals surface area contributed by atoms with Crippen molar-refractivity contribution in [3.8, 4) is 0 Å². The van der Waals surface area contributed by atoms with Gasteiger partial charge in [-0.2, -0.15) is 0 Å². The molecule has 3 rings (SSSR count). The Morgan fingerprint density at radius 3 is 2.43 bits per heavy atom. The number of benzene rings is 1. The fourth-order valence-electron chi connectivity index (χ4n) is 3.05. The van der Waals surface area contributed by atoms with Crippen molar-refractivity contribution in [2.45, 2.75) is 40.2 Å². The van der Waals surface area contributed by atoms with Gasteiger partial charge >= 0.3 is 0 Å². The van der Waals surface area contributed by atoms with E-state index in [1.165, 1.54) is 0 Å². The molecule has 0 bridgehead atoms. The van der Waals surface area contributed by atoms with Crippen molar-refractivity contribution >= 4 is 17.4 Å². The summed E-state index contributed by atoms with van der Waals surface area (Å²) in [5.74, 6) is 0.923. The van der Waals surface area contributed by atoms with E-state index in [-0.39, 0.29) is 5.91 Å². The first-order valence-electron chi connectivity index (χ1n) is 9.51. The first-order valence-corrected chi connectivity index (χ1v) is 9.51. The number of pyridine rings is 1. The molecule has 0 aliphatic rings. The third-order valence-electron chi connectivity index (χ3n) is 4.50. The van der Waals surface area contributed by atoms with Gasteiger partial charge in [0.05, 0.1) is 0 Å². The van der Waals surface area contributed by atoms with Crippen LogP contribution in [0.4, 0.5) is 11.5 Å². The molecular formula is C22H25N5O. The number of carbonyl (C=O) groups excluding carboxylic acids is 1. The van der Waals surface area contributed by atoms with Crippen LogP contribution < -0.4 is 10.6 Å². The van der Waals surface area contributed by atoms with E-state index in [2.05, 4.69) is 39.4 Å². The van der Waals surface area contributed by atoms with Crippen LogP contribution in [0.25, 0.3) is 0 Å². The summed E-state index contributed by atoms with van der Waals surface area (Å²) in [4.78, 5) is 25.7. The molecule has 0 aliphatic heterocycles. The first kappa shape index (κ1) is 19.5. The fraction of sp³-hybridized carbons (Fsp3) is 0.273. The van der Waals surface area contributed by atoms with Crippen LogP contribution in [0.2, 0.25) is 0 Å². The van der Waals surface area contributed by atoms with Crippen molar-refractivity contribution < 1.29 is 4.79 Å². The molecule has 28 heavy (non-hydrogen) atoms. The van der Waals surface area contributed by atoms with E-state index in [9.17, 15) is 4.79 Å². The smallest absolute Gasteiger partial charge is 0.274 e. The van der Waals surface area contributed by atoms with Crippen LogP contribution >= 0.6 is 0 Å². The number of hydrogen-bond acceptors (Lipinski definition) is 5. The summed E-state index contributed by atoms with van der Waals surface area (Å²) in [6.07, 6.45) is 5.23. The average molecular weight is 375 g/mol. The summed E-state index contributed by atoms with van der Waals surface area (Å²) in [5, 5.41) is 6.29. The van der Waals surface area contributed by atoms with Crippen LogP contribution in [0.3, 0.4) is 0 Å². The Bertz CT molecular complexity index is 934. The Labute approximate surface area is 165 Å². The zero-order valence-corrected chi connectivity index (χ0v) is 16.5. The van der Waals surface area contributed by atoms with Gasteiger partial charge in [0.1, 0.15) is 17.3 Å². The Morgan fingerprint density at radius 1 is 1.04 bits per heavy atom. The molecule has 0 saturated heterocycles. The summed E-state index contributed by atoms with van der Waals surface area (Å²) in [5.41, 5.74) is 4.50. The largest absolute Gasteiger partial charge is 0.366 e. The molecule has 0 fully saturated rings. The normalized spacial score (nSPS) is 10.5. The lowest BCUT2D eigenvalue weighted by Crippen LogP contribution is -2.18. The molecule has 0 saturated carbocycles. The zero-order valence-electron chi connectivity index (χ0n) is 16.5. The Balaban J connectivity index is 1.80. The maximum atomic E-state index is 12.9. The molecule has 1 amide bonds. The SMILES string of the molecule is CCc1cccc(CC)c1NC(=O)c1cc(NCc2cccnc2)nc(C)n1. The summed E-state index contributed by atoms with van der Waals surface area (Å²) in [7, 11) is 0. The Kier molecular flexibility index (Phi) is 6.32. The highest BCUT2D eigenvalue weighted by Gasteiger charge is 2.14. The van der Waals surface area contributed by atoms with Crippen molar-refractivity contribution in [3.63, 3.8) is 0 Å². The number of aromatic nitrogens is 3. The predicted molar refractivity (Wildman–Crippen MR) is 111 cm³/mol. The number of carbonyl (C=O) groups is 1. The molecule has 2 N–H and O–H groups in total. The molecule has 3 aromatic rings. The van der Waals surface area contributed by atoms with Gasteiger partial charge in [0.25, 0.3) is 5.91 Å². The minimum Gasteiger partial charge on any atom is -0.366 e. The lowest BCUT2D eigenvalue weighted by atomic mass is 10.0. The van der Waals surface area contributed by atoms with Gasteiger partial charge in [-0.3, -0.25) is 9.78 Å². The maximum absolute atomic E-state index is 12.9. The van der Waals surface area contributed by atoms with Gasteiger partial charge in [0.2, 0.25) is 0 Å². The third kappa shape index (κ3) is 4.71. The van der Waals surface area contributed by atoms with E-state index in [0.29, 0.717) is 23.9 Å². The lowest BCUT2D eigenvalue weighted by Gasteiger charge is -2.15. The van der Waals surface area contributed by atoms with E-state index < -0.39 is 0 Å². The zero-order chi connectivity index (χ0) is 19.9. The molecule has 0 unspecified atom stereocenters. The molecule has 1 aromatic carbocycles. The summed E-state index contributed by atoms with van der Waals surface area (Å²) < 4.78 is 0. The fourth-order valence-corrected chi connectivity index (χ4v) is 3.05. The molecule has 6 heteroatoms. The van der Waals surface area contributed by atoms with E-state index in [0.717, 1.165) is 35.2 Å². The quantitative estimate of drug-likeness (QED) is 0.648. The highest BCUT2D eigenvalue weighted by molar-refractivity contribution is 6.04. The van der Waals surface area contributed by atoms with E-state index in [1.807, 2.05) is 30.3 Å². The summed E-state index contributed by atoms with van der Waals surface area (Å²) in [6.45, 7) is 6.52. The lowest BCUT2D eigenvalue weighted by molar-refractivity contribution is 0.102. The number of nitrogens with one attached hydrogen (secondary N) is 2. The van der Waals surface area contributed by atoms with Gasteiger partial charge in [0.15, 0.2) is 0 Å². The standard InChI is InChI=1S/C22H25N5O/c1-4-17-9-6-10-18(5-2)21(17)27-22(28)19-12-20(26-15(3)25-19)24-14-16-8-7-11-23-13-16/h6-13H,4-5,14H2,1-3H3,(H,27,28)(H,24,25,26). The van der Waals surface area contributed by atoms with Gasteiger partial charge in [-0.1, -0.05) is 38.1 Å². The molecule has 6 nitrogen and oxygen atoms in total. The van der Waals surface area contributed by atoms with Gasteiger partial charge in [0, 0.05) is 30.7 Å². The number of anilines is 2. The van der Waals surface area contributed by atoms with Crippen molar-refractivity contribution in [3.05, 3.63) is 77.0 Å². The molecule has 0 spiro atoms. The van der Waals surface area contributed by atoms with Crippen molar-refractivity contribution in [2.24, 2.45) is 0 Å². The number of nitrogens with zero attached hydrogens (tertiary/aromatic N) is 3. The van der Waals surface area contributed by atoms with Crippen LogP contribution in [0.15, 0.2) is 48.8 Å². The first-order chi connectivity index (χ1) is 13.6. The number of rotatable bonds is 7. The molecule has 144 valence electrons. The second kappa shape index (κ2) is 9.08. The minimum absolute atomic E-state index is 0.231. The number of aryl methyl sites for hydroxylation is 3. The average Bonchev–Trinajstić information content (AvgIpc) is 2.72. The van der Waals surface area contributed by atoms with E-state index >= 15 is 0 Å². The van der Waals surface area contributed by atoms with Crippen LogP contribution in [0.5, 0.6) is 0 Å². The van der Waals surface area contributed by atoms with Crippen molar-refractivity contribution in [1.82, 2.24) is 15.0 Å². The van der Waals surface area contributed by atoms with Crippen LogP contribution in [0, 0.1) is 6.92 Å². The second-order valence-electron chi connectivity index (χ2n) is 6.51. The van der Waals surface area contributed by atoms with E-state index in [4.69, 9.17) is 0 Å². The number of amides is 1. The Hall–Kier alpha value is -3.28. The monoisotopic (exact) mass is 375 g/mol. The minimum atomic E-state index is -0.231. The second-order valence-corrected chi connectivity index (χ2v) is 6.51. The molecule has 2 aromatic heterocycles. The van der Waals surface area contributed by atoms with Gasteiger partial charge in [-0.05, 0) is 42.5 Å².